The number of halogens is 2. The molecule has 0 aromatic heterocycles. The Morgan fingerprint density at radius 1 is 1.47 bits per heavy atom. The van der Waals surface area contributed by atoms with Crippen LogP contribution in [0.1, 0.15) is 17.5 Å². The van der Waals surface area contributed by atoms with E-state index in [-0.39, 0.29) is 6.61 Å². The lowest BCUT2D eigenvalue weighted by Crippen LogP contribution is -1.95. The highest BCUT2D eigenvalue weighted by atomic mass is 79.9. The Hall–Kier alpha value is -0.0900. The molecule has 0 spiro atoms. The lowest BCUT2D eigenvalue weighted by atomic mass is 10.1. The van der Waals surface area contributed by atoms with Crippen LogP contribution in [0.4, 0.5) is 0 Å². The minimum Gasteiger partial charge on any atom is -0.396 e. The molecule has 0 aliphatic carbocycles. The minimum absolute atomic E-state index is 0.203. The van der Waals surface area contributed by atoms with Crippen molar-refractivity contribution in [2.24, 2.45) is 0 Å². The van der Waals surface area contributed by atoms with Crippen molar-refractivity contribution in [2.75, 3.05) is 13.7 Å². The maximum atomic E-state index is 8.74. The first-order valence-electron chi connectivity index (χ1n) is 4.75. The van der Waals surface area contributed by atoms with E-state index in [1.165, 1.54) is 0 Å². The summed E-state index contributed by atoms with van der Waals surface area (Å²) in [6.45, 7) is 0.703. The summed E-state index contributed by atoms with van der Waals surface area (Å²) in [5.41, 5.74) is 2.09. The van der Waals surface area contributed by atoms with Crippen molar-refractivity contribution in [3.05, 3.63) is 32.8 Å². The molecule has 1 N–H and O–H groups in total. The van der Waals surface area contributed by atoms with Crippen molar-refractivity contribution < 1.29 is 9.84 Å². The molecule has 0 amide bonds. The van der Waals surface area contributed by atoms with E-state index in [1.54, 1.807) is 7.11 Å². The van der Waals surface area contributed by atoms with Crippen molar-refractivity contribution in [3.63, 3.8) is 0 Å². The van der Waals surface area contributed by atoms with E-state index in [4.69, 9.17) is 21.4 Å². The third-order valence-electron chi connectivity index (χ3n) is 2.11. The molecule has 0 radical (unpaired) electrons. The SMILES string of the molecule is COCc1c(Cl)cc(CCCO)cc1Br. The molecule has 0 fully saturated rings. The highest BCUT2D eigenvalue weighted by molar-refractivity contribution is 9.10. The lowest BCUT2D eigenvalue weighted by Gasteiger charge is -2.09. The Morgan fingerprint density at radius 2 is 2.20 bits per heavy atom. The van der Waals surface area contributed by atoms with Crippen molar-refractivity contribution in [3.8, 4) is 0 Å². The van der Waals surface area contributed by atoms with Gasteiger partial charge >= 0.3 is 0 Å². The lowest BCUT2D eigenvalue weighted by molar-refractivity contribution is 0.184. The molecule has 1 aromatic rings. The van der Waals surface area contributed by atoms with Crippen LogP contribution in [0.2, 0.25) is 5.02 Å². The first-order valence-corrected chi connectivity index (χ1v) is 5.92. The smallest absolute Gasteiger partial charge is 0.0738 e. The second-order valence-electron chi connectivity index (χ2n) is 3.30. The van der Waals surface area contributed by atoms with Gasteiger partial charge in [-0.15, -0.1) is 0 Å². The highest BCUT2D eigenvalue weighted by Gasteiger charge is 2.07. The molecule has 0 heterocycles. The van der Waals surface area contributed by atoms with Crippen molar-refractivity contribution in [1.29, 1.82) is 0 Å². The fourth-order valence-electron chi connectivity index (χ4n) is 1.37. The van der Waals surface area contributed by atoms with E-state index in [1.807, 2.05) is 12.1 Å². The number of aliphatic hydroxyl groups is 1. The summed E-state index contributed by atoms with van der Waals surface area (Å²) in [7, 11) is 1.64. The monoisotopic (exact) mass is 292 g/mol. The van der Waals surface area contributed by atoms with Gasteiger partial charge in [0.05, 0.1) is 6.61 Å². The van der Waals surface area contributed by atoms with Gasteiger partial charge in [-0.1, -0.05) is 27.5 Å². The van der Waals surface area contributed by atoms with Crippen LogP contribution < -0.4 is 0 Å². The molecule has 0 unspecified atom stereocenters. The fourth-order valence-corrected chi connectivity index (χ4v) is 2.40. The summed E-state index contributed by atoms with van der Waals surface area (Å²) >= 11 is 9.58. The predicted molar refractivity (Wildman–Crippen MR) is 65.3 cm³/mol. The fraction of sp³-hybridized carbons (Fsp3) is 0.455. The van der Waals surface area contributed by atoms with Crippen LogP contribution in [0.25, 0.3) is 0 Å². The number of aliphatic hydroxyl groups excluding tert-OH is 1. The van der Waals surface area contributed by atoms with Crippen LogP contribution in [-0.2, 0) is 17.8 Å². The van der Waals surface area contributed by atoms with Crippen LogP contribution in [0.5, 0.6) is 0 Å². The number of aryl methyl sites for hydroxylation is 1. The summed E-state index contributed by atoms with van der Waals surface area (Å²) in [5, 5.41) is 9.45. The molecule has 0 atom stereocenters. The molecule has 1 rings (SSSR count). The molecule has 4 heteroatoms. The molecule has 0 bridgehead atoms. The van der Waals surface area contributed by atoms with Crippen LogP contribution in [0.3, 0.4) is 0 Å². The summed E-state index contributed by atoms with van der Waals surface area (Å²) in [6.07, 6.45) is 1.59. The van der Waals surface area contributed by atoms with Gasteiger partial charge in [-0.3, -0.25) is 0 Å². The summed E-state index contributed by atoms with van der Waals surface area (Å²) in [4.78, 5) is 0. The zero-order chi connectivity index (χ0) is 11.3. The van der Waals surface area contributed by atoms with E-state index in [0.717, 1.165) is 28.4 Å². The third kappa shape index (κ3) is 3.76. The average molecular weight is 294 g/mol. The number of benzene rings is 1. The van der Waals surface area contributed by atoms with Crippen molar-refractivity contribution in [1.82, 2.24) is 0 Å². The molecule has 2 nitrogen and oxygen atoms in total. The molecule has 84 valence electrons. The Labute approximate surface area is 103 Å². The van der Waals surface area contributed by atoms with E-state index < -0.39 is 0 Å². The molecular weight excluding hydrogens is 279 g/mol. The number of hydrogen-bond donors (Lipinski definition) is 1. The van der Waals surface area contributed by atoms with Gasteiger partial charge in [-0.25, -0.2) is 0 Å². The second-order valence-corrected chi connectivity index (χ2v) is 4.56. The highest BCUT2D eigenvalue weighted by Crippen LogP contribution is 2.28. The largest absolute Gasteiger partial charge is 0.396 e. The average Bonchev–Trinajstić information content (AvgIpc) is 2.20. The molecule has 1 aromatic carbocycles. The van der Waals surface area contributed by atoms with E-state index >= 15 is 0 Å². The zero-order valence-corrected chi connectivity index (χ0v) is 10.9. The topological polar surface area (TPSA) is 29.5 Å². The van der Waals surface area contributed by atoms with Gasteiger partial charge in [0.25, 0.3) is 0 Å². The normalized spacial score (nSPS) is 10.7. The van der Waals surface area contributed by atoms with Crippen molar-refractivity contribution >= 4 is 27.5 Å². The number of ether oxygens (including phenoxy) is 1. The van der Waals surface area contributed by atoms with Gasteiger partial charge in [0, 0.05) is 28.8 Å². The van der Waals surface area contributed by atoms with Crippen LogP contribution in [0.15, 0.2) is 16.6 Å². The molecule has 0 aliphatic heterocycles. The Balaban J connectivity index is 2.87. The molecule has 0 aliphatic rings. The van der Waals surface area contributed by atoms with E-state index in [0.29, 0.717) is 11.6 Å². The van der Waals surface area contributed by atoms with Gasteiger partial charge in [0.15, 0.2) is 0 Å². The van der Waals surface area contributed by atoms with Gasteiger partial charge in [-0.2, -0.15) is 0 Å². The van der Waals surface area contributed by atoms with Gasteiger partial charge in [0.2, 0.25) is 0 Å². The number of hydrogen-bond acceptors (Lipinski definition) is 2. The summed E-state index contributed by atoms with van der Waals surface area (Å²) < 4.78 is 6.02. The Morgan fingerprint density at radius 3 is 2.73 bits per heavy atom. The summed E-state index contributed by atoms with van der Waals surface area (Å²) in [5.74, 6) is 0. The van der Waals surface area contributed by atoms with Gasteiger partial charge in [0.1, 0.15) is 0 Å². The quantitative estimate of drug-likeness (QED) is 0.903. The van der Waals surface area contributed by atoms with E-state index in [9.17, 15) is 0 Å². The van der Waals surface area contributed by atoms with Crippen molar-refractivity contribution in [2.45, 2.75) is 19.4 Å². The maximum absolute atomic E-state index is 8.74. The van der Waals surface area contributed by atoms with Crippen LogP contribution in [0, 0.1) is 0 Å². The molecule has 0 saturated carbocycles. The first kappa shape index (κ1) is 13.0. The summed E-state index contributed by atoms with van der Waals surface area (Å²) in [6, 6.07) is 3.95. The Kier molecular flexibility index (Phi) is 5.61. The minimum atomic E-state index is 0.203. The standard InChI is InChI=1S/C11H14BrClO2/c1-15-7-9-10(12)5-8(3-2-4-14)6-11(9)13/h5-6,14H,2-4,7H2,1H3. The maximum Gasteiger partial charge on any atom is 0.0738 e. The third-order valence-corrected chi connectivity index (χ3v) is 3.16. The van der Waals surface area contributed by atoms with Gasteiger partial charge < -0.3 is 9.84 Å². The number of rotatable bonds is 5. The zero-order valence-electron chi connectivity index (χ0n) is 8.59. The molecular formula is C11H14BrClO2. The van der Waals surface area contributed by atoms with Crippen LogP contribution >= 0.6 is 27.5 Å². The number of methoxy groups -OCH3 is 1. The molecule has 0 saturated heterocycles. The van der Waals surface area contributed by atoms with Crippen LogP contribution in [-0.4, -0.2) is 18.8 Å². The Bertz CT molecular complexity index is 305. The predicted octanol–water partition coefficient (Wildman–Crippen LogP) is 3.17. The molecule has 15 heavy (non-hydrogen) atoms. The second kappa shape index (κ2) is 6.48. The first-order chi connectivity index (χ1) is 7.19. The van der Waals surface area contributed by atoms with E-state index in [2.05, 4.69) is 15.9 Å². The van der Waals surface area contributed by atoms with Gasteiger partial charge in [-0.05, 0) is 30.5 Å².